The van der Waals surface area contributed by atoms with Crippen molar-refractivity contribution in [3.8, 4) is 0 Å². The second-order valence-corrected chi connectivity index (χ2v) is 4.92. The van der Waals surface area contributed by atoms with Gasteiger partial charge in [0.2, 0.25) is 0 Å². The number of benzene rings is 2. The number of nitrogens with one attached hydrogen (secondary N) is 1. The van der Waals surface area contributed by atoms with Gasteiger partial charge in [0.05, 0.1) is 11.1 Å². The van der Waals surface area contributed by atoms with Crippen LogP contribution in [-0.2, 0) is 0 Å². The van der Waals surface area contributed by atoms with E-state index in [0.29, 0.717) is 16.1 Å². The standard InChI is InChI=1S/C15H12ClN3O3/c1-10-5-6-12(8-14(10)16)15(20)18-17-9-11-3-2-4-13(7-11)19(21)22/h2-9H,1H3,(H,18,20)/b17-9+. The van der Waals surface area contributed by atoms with Gasteiger partial charge in [0, 0.05) is 28.3 Å². The summed E-state index contributed by atoms with van der Waals surface area (Å²) in [6, 6.07) is 10.9. The van der Waals surface area contributed by atoms with Gasteiger partial charge in [-0.2, -0.15) is 5.10 Å². The molecule has 0 aliphatic heterocycles. The van der Waals surface area contributed by atoms with Gasteiger partial charge in [-0.3, -0.25) is 14.9 Å². The maximum Gasteiger partial charge on any atom is 0.271 e. The summed E-state index contributed by atoms with van der Waals surface area (Å²) in [6.45, 7) is 1.84. The molecule has 22 heavy (non-hydrogen) atoms. The number of rotatable bonds is 4. The second-order valence-electron chi connectivity index (χ2n) is 4.52. The summed E-state index contributed by atoms with van der Waals surface area (Å²) in [5, 5.41) is 14.9. The van der Waals surface area contributed by atoms with E-state index in [4.69, 9.17) is 11.6 Å². The van der Waals surface area contributed by atoms with E-state index >= 15 is 0 Å². The molecule has 0 unspecified atom stereocenters. The molecule has 0 saturated carbocycles. The minimum Gasteiger partial charge on any atom is -0.267 e. The highest BCUT2D eigenvalue weighted by Gasteiger charge is 2.07. The quantitative estimate of drug-likeness (QED) is 0.533. The summed E-state index contributed by atoms with van der Waals surface area (Å²) in [5.41, 5.74) is 4.07. The number of nitrogens with zero attached hydrogens (tertiary/aromatic N) is 2. The Morgan fingerprint density at radius 1 is 1.32 bits per heavy atom. The molecule has 0 radical (unpaired) electrons. The Hall–Kier alpha value is -2.73. The summed E-state index contributed by atoms with van der Waals surface area (Å²) in [4.78, 5) is 22.0. The van der Waals surface area contributed by atoms with Gasteiger partial charge in [-0.15, -0.1) is 0 Å². The third-order valence-electron chi connectivity index (χ3n) is 2.89. The van der Waals surface area contributed by atoms with Crippen LogP contribution in [0.25, 0.3) is 0 Å². The Morgan fingerprint density at radius 2 is 2.09 bits per heavy atom. The first-order chi connectivity index (χ1) is 10.5. The Morgan fingerprint density at radius 3 is 2.77 bits per heavy atom. The van der Waals surface area contributed by atoms with Crippen LogP contribution in [0.4, 0.5) is 5.69 Å². The van der Waals surface area contributed by atoms with Gasteiger partial charge in [0.1, 0.15) is 0 Å². The highest BCUT2D eigenvalue weighted by Crippen LogP contribution is 2.16. The van der Waals surface area contributed by atoms with Gasteiger partial charge >= 0.3 is 0 Å². The number of non-ortho nitro benzene ring substituents is 1. The Kier molecular flexibility index (Phi) is 4.85. The fourth-order valence-corrected chi connectivity index (χ4v) is 1.86. The summed E-state index contributed by atoms with van der Waals surface area (Å²) < 4.78 is 0. The van der Waals surface area contributed by atoms with Crippen LogP contribution in [0.2, 0.25) is 5.02 Å². The molecule has 7 heteroatoms. The first-order valence-corrected chi connectivity index (χ1v) is 6.69. The molecule has 0 saturated heterocycles. The summed E-state index contributed by atoms with van der Waals surface area (Å²) in [6.07, 6.45) is 1.33. The highest BCUT2D eigenvalue weighted by atomic mass is 35.5. The zero-order chi connectivity index (χ0) is 16.1. The van der Waals surface area contributed by atoms with Crippen LogP contribution in [-0.4, -0.2) is 17.0 Å². The van der Waals surface area contributed by atoms with Crippen LogP contribution < -0.4 is 5.43 Å². The topological polar surface area (TPSA) is 84.6 Å². The average molecular weight is 318 g/mol. The number of aryl methyl sites for hydroxylation is 1. The molecule has 1 amide bonds. The van der Waals surface area contributed by atoms with E-state index in [1.54, 1.807) is 30.3 Å². The zero-order valence-corrected chi connectivity index (χ0v) is 12.4. The smallest absolute Gasteiger partial charge is 0.267 e. The van der Waals surface area contributed by atoms with E-state index in [9.17, 15) is 14.9 Å². The monoisotopic (exact) mass is 317 g/mol. The normalized spacial score (nSPS) is 10.6. The molecular weight excluding hydrogens is 306 g/mol. The van der Waals surface area contributed by atoms with Crippen molar-refractivity contribution in [2.24, 2.45) is 5.10 Å². The molecule has 6 nitrogen and oxygen atoms in total. The molecule has 2 aromatic rings. The average Bonchev–Trinajstić information content (AvgIpc) is 2.50. The van der Waals surface area contributed by atoms with Crippen LogP contribution in [0.5, 0.6) is 0 Å². The Balaban J connectivity index is 2.05. The van der Waals surface area contributed by atoms with E-state index in [1.807, 2.05) is 6.92 Å². The van der Waals surface area contributed by atoms with Crippen molar-refractivity contribution in [2.45, 2.75) is 6.92 Å². The lowest BCUT2D eigenvalue weighted by Crippen LogP contribution is -2.17. The van der Waals surface area contributed by atoms with E-state index < -0.39 is 10.8 Å². The number of nitro benzene ring substituents is 1. The molecule has 0 aliphatic carbocycles. The minimum atomic E-state index is -0.496. The zero-order valence-electron chi connectivity index (χ0n) is 11.6. The minimum absolute atomic E-state index is 0.0411. The number of nitro groups is 1. The van der Waals surface area contributed by atoms with Gasteiger partial charge in [0.25, 0.3) is 11.6 Å². The van der Waals surface area contributed by atoms with Gasteiger partial charge in [0.15, 0.2) is 0 Å². The molecule has 0 spiro atoms. The van der Waals surface area contributed by atoms with Crippen molar-refractivity contribution in [1.29, 1.82) is 0 Å². The molecule has 0 aromatic heterocycles. The van der Waals surface area contributed by atoms with Gasteiger partial charge < -0.3 is 0 Å². The molecule has 0 heterocycles. The third kappa shape index (κ3) is 3.89. The van der Waals surface area contributed by atoms with E-state index in [0.717, 1.165) is 5.56 Å². The number of hydrazone groups is 1. The van der Waals surface area contributed by atoms with Crippen LogP contribution in [0.3, 0.4) is 0 Å². The fourth-order valence-electron chi connectivity index (χ4n) is 1.68. The number of halogens is 1. The first kappa shape index (κ1) is 15.7. The van der Waals surface area contributed by atoms with Crippen LogP contribution in [0.15, 0.2) is 47.6 Å². The molecule has 0 atom stereocenters. The maximum absolute atomic E-state index is 11.9. The number of carbonyl (C=O) groups excluding carboxylic acids is 1. The van der Waals surface area contributed by atoms with Gasteiger partial charge in [-0.1, -0.05) is 29.8 Å². The summed E-state index contributed by atoms with van der Waals surface area (Å²) >= 11 is 5.95. The van der Waals surface area contributed by atoms with E-state index in [2.05, 4.69) is 10.5 Å². The second kappa shape index (κ2) is 6.82. The van der Waals surface area contributed by atoms with Crippen molar-refractivity contribution >= 4 is 29.4 Å². The lowest BCUT2D eigenvalue weighted by atomic mass is 10.1. The number of carbonyl (C=O) groups is 1. The van der Waals surface area contributed by atoms with Crippen molar-refractivity contribution in [1.82, 2.24) is 5.43 Å². The summed E-state index contributed by atoms with van der Waals surface area (Å²) in [7, 11) is 0. The number of hydrogen-bond donors (Lipinski definition) is 1. The van der Waals surface area contributed by atoms with Crippen molar-refractivity contribution in [2.75, 3.05) is 0 Å². The van der Waals surface area contributed by atoms with E-state index in [-0.39, 0.29) is 5.69 Å². The SMILES string of the molecule is Cc1ccc(C(=O)N/N=C/c2cccc([N+](=O)[O-])c2)cc1Cl. The molecule has 0 bridgehead atoms. The number of hydrogen-bond acceptors (Lipinski definition) is 4. The fraction of sp³-hybridized carbons (Fsp3) is 0.0667. The number of amides is 1. The van der Waals surface area contributed by atoms with Crippen LogP contribution in [0.1, 0.15) is 21.5 Å². The maximum atomic E-state index is 11.9. The largest absolute Gasteiger partial charge is 0.271 e. The Bertz CT molecular complexity index is 759. The Labute approximate surface area is 131 Å². The molecule has 0 fully saturated rings. The molecule has 2 rings (SSSR count). The van der Waals surface area contributed by atoms with Crippen LogP contribution >= 0.6 is 11.6 Å². The molecule has 0 aliphatic rings. The molecule has 2 aromatic carbocycles. The molecule has 1 N–H and O–H groups in total. The van der Waals surface area contributed by atoms with Crippen molar-refractivity contribution in [3.63, 3.8) is 0 Å². The van der Waals surface area contributed by atoms with Crippen molar-refractivity contribution < 1.29 is 9.72 Å². The predicted octanol–water partition coefficient (Wildman–Crippen LogP) is 3.32. The first-order valence-electron chi connectivity index (χ1n) is 6.31. The summed E-state index contributed by atoms with van der Waals surface area (Å²) in [5.74, 6) is -0.413. The van der Waals surface area contributed by atoms with E-state index in [1.165, 1.54) is 18.3 Å². The molecular formula is C15H12ClN3O3. The lowest BCUT2D eigenvalue weighted by molar-refractivity contribution is -0.384. The van der Waals surface area contributed by atoms with Crippen LogP contribution in [0, 0.1) is 17.0 Å². The van der Waals surface area contributed by atoms with Gasteiger partial charge in [-0.25, -0.2) is 5.43 Å². The van der Waals surface area contributed by atoms with Gasteiger partial charge in [-0.05, 0) is 24.6 Å². The third-order valence-corrected chi connectivity index (χ3v) is 3.30. The molecule has 112 valence electrons. The highest BCUT2D eigenvalue weighted by molar-refractivity contribution is 6.31. The van der Waals surface area contributed by atoms with Crippen molar-refractivity contribution in [3.05, 3.63) is 74.3 Å². The lowest BCUT2D eigenvalue weighted by Gasteiger charge is -2.02. The predicted molar refractivity (Wildman–Crippen MR) is 84.3 cm³/mol.